The van der Waals surface area contributed by atoms with Gasteiger partial charge >= 0.3 is 17.1 Å². The Bertz CT molecular complexity index is 399. The molecule has 0 rings (SSSR count). The van der Waals surface area contributed by atoms with E-state index in [4.69, 9.17) is 17.7 Å². The Morgan fingerprint density at radius 2 is 0.806 bits per heavy atom. The summed E-state index contributed by atoms with van der Waals surface area (Å²) in [6.45, 7) is 16.2. The van der Waals surface area contributed by atoms with Gasteiger partial charge in [0.15, 0.2) is 0 Å². The smallest absolute Gasteiger partial charge is 0.364 e. The Kier molecular flexibility index (Phi) is 20.2. The van der Waals surface area contributed by atoms with E-state index >= 15 is 0 Å². The molecular weight excluding hydrogens is 420 g/mol. The molecule has 184 valence electrons. The van der Waals surface area contributed by atoms with Crippen molar-refractivity contribution < 1.29 is 17.7 Å². The average Bonchev–Trinajstić information content (AvgIpc) is 2.78. The fourth-order valence-electron chi connectivity index (χ4n) is 3.27. The molecule has 0 aliphatic carbocycles. The molecule has 31 heavy (non-hydrogen) atoms. The van der Waals surface area contributed by atoms with Gasteiger partial charge in [-0.2, -0.15) is 0 Å². The Balaban J connectivity index is 5.48. The number of allylic oxidation sites excluding steroid dienone is 2. The minimum atomic E-state index is -2.37. The zero-order valence-corrected chi connectivity index (χ0v) is 23.5. The zero-order chi connectivity index (χ0) is 23.3. The van der Waals surface area contributed by atoms with Crippen LogP contribution < -0.4 is 0 Å². The molecule has 0 aromatic rings. The predicted molar refractivity (Wildman–Crippen MR) is 139 cm³/mol. The van der Waals surface area contributed by atoms with Gasteiger partial charge in [0.05, 0.1) is 0 Å². The molecule has 0 aromatic heterocycles. The molecule has 0 N–H and O–H groups in total. The second kappa shape index (κ2) is 20.4. The molecule has 0 aliphatic heterocycles. The van der Waals surface area contributed by atoms with E-state index in [0.717, 1.165) is 96.3 Å². The van der Waals surface area contributed by atoms with E-state index in [1.54, 1.807) is 0 Å². The van der Waals surface area contributed by atoms with Gasteiger partial charge in [-0.05, 0) is 68.4 Å². The third kappa shape index (κ3) is 14.5. The third-order valence-electron chi connectivity index (χ3n) is 4.91. The van der Waals surface area contributed by atoms with Crippen LogP contribution >= 0.6 is 0 Å². The van der Waals surface area contributed by atoms with Gasteiger partial charge in [0.1, 0.15) is 0 Å². The van der Waals surface area contributed by atoms with Crippen molar-refractivity contribution in [3.05, 3.63) is 23.6 Å². The van der Waals surface area contributed by atoms with Gasteiger partial charge in [0, 0.05) is 26.4 Å². The van der Waals surface area contributed by atoms with E-state index in [1.165, 1.54) is 0 Å². The summed E-state index contributed by atoms with van der Waals surface area (Å²) >= 11 is 0. The van der Waals surface area contributed by atoms with Crippen LogP contribution in [0, 0.1) is 0 Å². The van der Waals surface area contributed by atoms with Gasteiger partial charge in [-0.1, -0.05) is 66.5 Å². The van der Waals surface area contributed by atoms with Crippen molar-refractivity contribution in [2.24, 2.45) is 0 Å². The summed E-state index contributed by atoms with van der Waals surface area (Å²) < 4.78 is 25.8. The molecule has 0 saturated carbocycles. The van der Waals surface area contributed by atoms with Crippen molar-refractivity contribution in [2.75, 3.05) is 26.4 Å². The normalized spacial score (nSPS) is 13.1. The summed E-state index contributed by atoms with van der Waals surface area (Å²) in [6, 6.07) is 1.93. The van der Waals surface area contributed by atoms with Crippen molar-refractivity contribution in [1.29, 1.82) is 0 Å². The summed E-state index contributed by atoms with van der Waals surface area (Å²) in [5, 5.41) is 0. The lowest BCUT2D eigenvalue weighted by atomic mass is 10.3. The highest BCUT2D eigenvalue weighted by atomic mass is 28.4. The summed E-state index contributed by atoms with van der Waals surface area (Å²) in [5.74, 6) is 0. The van der Waals surface area contributed by atoms with Crippen LogP contribution in [0.1, 0.15) is 99.3 Å². The highest BCUT2D eigenvalue weighted by Gasteiger charge is 2.39. The number of hydrogen-bond acceptors (Lipinski definition) is 4. The first kappa shape index (κ1) is 30.8. The second-order valence-corrected chi connectivity index (χ2v) is 14.3. The van der Waals surface area contributed by atoms with Crippen LogP contribution in [0.5, 0.6) is 0 Å². The fourth-order valence-corrected chi connectivity index (χ4v) is 9.68. The largest absolute Gasteiger partial charge is 0.391 e. The summed E-state index contributed by atoms with van der Waals surface area (Å²) in [7, 11) is -4.74. The van der Waals surface area contributed by atoms with E-state index in [0.29, 0.717) is 0 Å². The molecule has 0 amide bonds. The molecular formula is C25H52O4Si2. The molecule has 0 heterocycles. The van der Waals surface area contributed by atoms with Crippen molar-refractivity contribution in [3.63, 3.8) is 0 Å². The Morgan fingerprint density at radius 1 is 0.484 bits per heavy atom. The van der Waals surface area contributed by atoms with Gasteiger partial charge in [-0.3, -0.25) is 0 Å². The minimum absolute atomic E-state index is 0.768. The van der Waals surface area contributed by atoms with Gasteiger partial charge < -0.3 is 17.7 Å². The standard InChI is InChI=1S/C25H52O4Si2/c1-7-13-15-22-30(26-18-9-3,27-19-10-4)24-17-25-31(28-20-11-5,29-21-12-6)23-16-14-8-2/h15-16,22-23H,7-14,17-21,24-25H2,1-6H3. The number of rotatable bonds is 22. The van der Waals surface area contributed by atoms with Crippen LogP contribution in [0.15, 0.2) is 23.6 Å². The van der Waals surface area contributed by atoms with Crippen LogP contribution in [-0.4, -0.2) is 43.5 Å². The zero-order valence-electron chi connectivity index (χ0n) is 21.5. The molecule has 0 radical (unpaired) electrons. The van der Waals surface area contributed by atoms with Crippen molar-refractivity contribution in [2.45, 2.75) is 111 Å². The first-order valence-electron chi connectivity index (χ1n) is 13.0. The van der Waals surface area contributed by atoms with Crippen LogP contribution in [0.25, 0.3) is 0 Å². The fraction of sp³-hybridized carbons (Fsp3) is 0.840. The van der Waals surface area contributed by atoms with Crippen molar-refractivity contribution in [1.82, 2.24) is 0 Å². The third-order valence-corrected chi connectivity index (χ3v) is 11.3. The van der Waals surface area contributed by atoms with E-state index in [2.05, 4.69) is 65.1 Å². The molecule has 0 spiro atoms. The lowest BCUT2D eigenvalue weighted by molar-refractivity contribution is 0.172. The highest BCUT2D eigenvalue weighted by molar-refractivity contribution is 6.74. The molecule has 0 atom stereocenters. The molecule has 0 aliphatic rings. The van der Waals surface area contributed by atoms with E-state index in [9.17, 15) is 0 Å². The molecule has 0 saturated heterocycles. The maximum Gasteiger partial charge on any atom is 0.364 e. The Hall–Kier alpha value is -0.246. The van der Waals surface area contributed by atoms with Crippen LogP contribution in [0.3, 0.4) is 0 Å². The monoisotopic (exact) mass is 472 g/mol. The first-order chi connectivity index (χ1) is 15.1. The van der Waals surface area contributed by atoms with Gasteiger partial charge in [0.25, 0.3) is 0 Å². The van der Waals surface area contributed by atoms with Crippen LogP contribution in [-0.2, 0) is 17.7 Å². The lowest BCUT2D eigenvalue weighted by Crippen LogP contribution is -2.44. The van der Waals surface area contributed by atoms with Crippen LogP contribution in [0.2, 0.25) is 12.1 Å². The maximum atomic E-state index is 6.45. The predicted octanol–water partition coefficient (Wildman–Crippen LogP) is 7.76. The molecule has 0 fully saturated rings. The Labute approximate surface area is 196 Å². The molecule has 4 nitrogen and oxygen atoms in total. The van der Waals surface area contributed by atoms with Gasteiger partial charge in [0.2, 0.25) is 0 Å². The summed E-state index contributed by atoms with van der Waals surface area (Å²) in [4.78, 5) is 0. The van der Waals surface area contributed by atoms with Gasteiger partial charge in [-0.15, -0.1) is 0 Å². The van der Waals surface area contributed by atoms with E-state index in [1.807, 2.05) is 0 Å². The lowest BCUT2D eigenvalue weighted by Gasteiger charge is -2.31. The second-order valence-electron chi connectivity index (χ2n) is 8.25. The van der Waals surface area contributed by atoms with Gasteiger partial charge in [-0.25, -0.2) is 0 Å². The minimum Gasteiger partial charge on any atom is -0.391 e. The molecule has 0 aromatic carbocycles. The first-order valence-corrected chi connectivity index (χ1v) is 17.2. The van der Waals surface area contributed by atoms with Crippen molar-refractivity contribution >= 4 is 17.1 Å². The summed E-state index contributed by atoms with van der Waals surface area (Å²) in [5.41, 5.74) is 4.61. The molecule has 0 unspecified atom stereocenters. The summed E-state index contributed by atoms with van der Waals surface area (Å²) in [6.07, 6.45) is 14.1. The highest BCUT2D eigenvalue weighted by Crippen LogP contribution is 2.26. The van der Waals surface area contributed by atoms with E-state index < -0.39 is 17.1 Å². The van der Waals surface area contributed by atoms with Crippen LogP contribution in [0.4, 0.5) is 0 Å². The maximum absolute atomic E-state index is 6.45. The number of unbranched alkanes of at least 4 members (excludes halogenated alkanes) is 2. The SMILES string of the molecule is CCCC=C[Si](CCC[Si](C=CCCC)(OCCC)OCCC)(OCCC)OCCC. The quantitative estimate of drug-likeness (QED) is 0.151. The average molecular weight is 473 g/mol. The molecule has 0 bridgehead atoms. The topological polar surface area (TPSA) is 36.9 Å². The number of hydrogen-bond donors (Lipinski definition) is 0. The molecule has 6 heteroatoms. The van der Waals surface area contributed by atoms with E-state index in [-0.39, 0.29) is 0 Å². The Morgan fingerprint density at radius 3 is 1.06 bits per heavy atom. The van der Waals surface area contributed by atoms with Crippen molar-refractivity contribution in [3.8, 4) is 0 Å².